The number of rotatable bonds is 3. The third-order valence-electron chi connectivity index (χ3n) is 3.04. The van der Waals surface area contributed by atoms with Crippen LogP contribution in [0.2, 0.25) is 0 Å². The van der Waals surface area contributed by atoms with Crippen molar-refractivity contribution in [3.05, 3.63) is 23.5 Å². The van der Waals surface area contributed by atoms with Crippen molar-refractivity contribution in [1.29, 1.82) is 0 Å². The zero-order valence-corrected chi connectivity index (χ0v) is 11.5. The second-order valence-electron chi connectivity index (χ2n) is 4.65. The van der Waals surface area contributed by atoms with Crippen molar-refractivity contribution in [1.82, 2.24) is 5.32 Å². The van der Waals surface area contributed by atoms with E-state index in [1.807, 2.05) is 0 Å². The van der Waals surface area contributed by atoms with Crippen LogP contribution in [0.3, 0.4) is 0 Å². The third-order valence-corrected chi connectivity index (χ3v) is 4.28. The molecule has 1 amide bonds. The van der Waals surface area contributed by atoms with Gasteiger partial charge in [-0.2, -0.15) is 0 Å². The highest BCUT2D eigenvalue weighted by atomic mass is 32.2. The highest BCUT2D eigenvalue weighted by molar-refractivity contribution is 7.90. The van der Waals surface area contributed by atoms with E-state index in [4.69, 9.17) is 0 Å². The number of aryl methyl sites for hydroxylation is 1. The van der Waals surface area contributed by atoms with Crippen LogP contribution < -0.4 is 10.6 Å². The molecule has 1 atom stereocenters. The minimum absolute atomic E-state index is 0.0357. The van der Waals surface area contributed by atoms with E-state index in [2.05, 4.69) is 10.6 Å². The van der Waals surface area contributed by atoms with Crippen molar-refractivity contribution < 1.29 is 17.6 Å². The number of halogens is 1. The molecule has 1 aliphatic heterocycles. The first-order valence-electron chi connectivity index (χ1n) is 5.83. The van der Waals surface area contributed by atoms with Crippen molar-refractivity contribution in [2.24, 2.45) is 0 Å². The number of hydrogen-bond donors (Lipinski definition) is 2. The molecule has 7 heteroatoms. The van der Waals surface area contributed by atoms with Crippen molar-refractivity contribution >= 4 is 21.4 Å². The van der Waals surface area contributed by atoms with E-state index in [9.17, 15) is 17.6 Å². The monoisotopic (exact) mass is 286 g/mol. The van der Waals surface area contributed by atoms with Crippen molar-refractivity contribution in [3.63, 3.8) is 0 Å². The summed E-state index contributed by atoms with van der Waals surface area (Å²) in [6.07, 6.45) is 1.61. The Bertz CT molecular complexity index is 628. The number of amides is 1. The van der Waals surface area contributed by atoms with Crippen LogP contribution in [0.5, 0.6) is 0 Å². The Morgan fingerprint density at radius 2 is 2.11 bits per heavy atom. The molecule has 5 nitrogen and oxygen atoms in total. The Labute approximate surface area is 111 Å². The molecule has 1 saturated heterocycles. The predicted octanol–water partition coefficient (Wildman–Crippen LogP) is 0.838. The van der Waals surface area contributed by atoms with Crippen molar-refractivity contribution in [3.8, 4) is 0 Å². The SMILES string of the molecule is Cc1cc(NC2CCNC2=O)c(F)cc1S(C)(=O)=O. The van der Waals surface area contributed by atoms with E-state index < -0.39 is 21.7 Å². The molecule has 1 heterocycles. The Morgan fingerprint density at radius 1 is 1.42 bits per heavy atom. The highest BCUT2D eigenvalue weighted by Crippen LogP contribution is 2.24. The number of carbonyl (C=O) groups excluding carboxylic acids is 1. The van der Waals surface area contributed by atoms with E-state index in [1.54, 1.807) is 6.92 Å². The van der Waals surface area contributed by atoms with Crippen LogP contribution in [0.1, 0.15) is 12.0 Å². The van der Waals surface area contributed by atoms with Crippen LogP contribution in [0.25, 0.3) is 0 Å². The Morgan fingerprint density at radius 3 is 2.63 bits per heavy atom. The molecule has 0 radical (unpaired) electrons. The average molecular weight is 286 g/mol. The van der Waals surface area contributed by atoms with Crippen LogP contribution in [-0.4, -0.2) is 33.2 Å². The van der Waals surface area contributed by atoms with Gasteiger partial charge in [0.15, 0.2) is 9.84 Å². The Hall–Kier alpha value is -1.63. The maximum atomic E-state index is 13.9. The van der Waals surface area contributed by atoms with Gasteiger partial charge in [-0.3, -0.25) is 4.79 Å². The fourth-order valence-corrected chi connectivity index (χ4v) is 3.05. The van der Waals surface area contributed by atoms with Gasteiger partial charge in [-0.1, -0.05) is 0 Å². The summed E-state index contributed by atoms with van der Waals surface area (Å²) in [6.45, 7) is 2.15. The molecule has 104 valence electrons. The summed E-state index contributed by atoms with van der Waals surface area (Å²) in [5.41, 5.74) is 0.594. The fraction of sp³-hybridized carbons (Fsp3) is 0.417. The molecule has 1 aliphatic rings. The van der Waals surface area contributed by atoms with E-state index >= 15 is 0 Å². The van der Waals surface area contributed by atoms with Crippen molar-refractivity contribution in [2.45, 2.75) is 24.3 Å². The molecule has 1 fully saturated rings. The van der Waals surface area contributed by atoms with Crippen LogP contribution in [0.4, 0.5) is 10.1 Å². The summed E-state index contributed by atoms with van der Waals surface area (Å²) in [5.74, 6) is -0.852. The van der Waals surface area contributed by atoms with Crippen LogP contribution in [0, 0.1) is 12.7 Å². The smallest absolute Gasteiger partial charge is 0.242 e. The third kappa shape index (κ3) is 2.86. The molecule has 0 aromatic heterocycles. The van der Waals surface area contributed by atoms with Crippen LogP contribution in [0.15, 0.2) is 17.0 Å². The number of benzene rings is 1. The molecular weight excluding hydrogens is 271 g/mol. The van der Waals surface area contributed by atoms with E-state index in [-0.39, 0.29) is 16.5 Å². The minimum Gasteiger partial charge on any atom is -0.371 e. The largest absolute Gasteiger partial charge is 0.371 e. The van der Waals surface area contributed by atoms with Gasteiger partial charge in [0, 0.05) is 12.8 Å². The van der Waals surface area contributed by atoms with E-state index in [0.717, 1.165) is 12.3 Å². The molecule has 0 spiro atoms. The lowest BCUT2D eigenvalue weighted by Gasteiger charge is -2.14. The molecular formula is C12H15FN2O3S. The molecule has 1 aromatic carbocycles. The van der Waals surface area contributed by atoms with E-state index in [1.165, 1.54) is 6.07 Å². The Kier molecular flexibility index (Phi) is 3.49. The summed E-state index contributed by atoms with van der Waals surface area (Å²) in [6, 6.07) is 1.93. The zero-order chi connectivity index (χ0) is 14.2. The van der Waals surface area contributed by atoms with Gasteiger partial charge in [0.05, 0.1) is 10.6 Å². The van der Waals surface area contributed by atoms with Crippen LogP contribution >= 0.6 is 0 Å². The molecule has 0 aliphatic carbocycles. The summed E-state index contributed by atoms with van der Waals surface area (Å²) in [4.78, 5) is 11.4. The summed E-state index contributed by atoms with van der Waals surface area (Å²) < 4.78 is 36.8. The van der Waals surface area contributed by atoms with E-state index in [0.29, 0.717) is 18.5 Å². The number of hydrogen-bond acceptors (Lipinski definition) is 4. The molecule has 2 N–H and O–H groups in total. The van der Waals surface area contributed by atoms with Gasteiger partial charge in [-0.25, -0.2) is 12.8 Å². The predicted molar refractivity (Wildman–Crippen MR) is 69.3 cm³/mol. The lowest BCUT2D eigenvalue weighted by Crippen LogP contribution is -2.29. The first-order chi connectivity index (χ1) is 8.79. The van der Waals surface area contributed by atoms with Gasteiger partial charge in [0.1, 0.15) is 11.9 Å². The second kappa shape index (κ2) is 4.80. The highest BCUT2D eigenvalue weighted by Gasteiger charge is 2.25. The van der Waals surface area contributed by atoms with Crippen LogP contribution in [-0.2, 0) is 14.6 Å². The second-order valence-corrected chi connectivity index (χ2v) is 6.63. The minimum atomic E-state index is -3.46. The molecule has 0 saturated carbocycles. The molecule has 1 aromatic rings. The average Bonchev–Trinajstić information content (AvgIpc) is 2.68. The van der Waals surface area contributed by atoms with Gasteiger partial charge in [-0.05, 0) is 31.0 Å². The lowest BCUT2D eigenvalue weighted by molar-refractivity contribution is -0.119. The topological polar surface area (TPSA) is 75.3 Å². The van der Waals surface area contributed by atoms with Gasteiger partial charge in [-0.15, -0.1) is 0 Å². The lowest BCUT2D eigenvalue weighted by atomic mass is 10.2. The number of sulfone groups is 1. The van der Waals surface area contributed by atoms with Crippen molar-refractivity contribution in [2.75, 3.05) is 18.1 Å². The molecule has 0 bridgehead atoms. The standard InChI is InChI=1S/C12H15FN2O3S/c1-7-5-10(15-9-3-4-14-12(9)16)8(13)6-11(7)19(2,17)18/h5-6,9,15H,3-4H2,1-2H3,(H,14,16). The summed E-state index contributed by atoms with van der Waals surface area (Å²) >= 11 is 0. The normalized spacial score (nSPS) is 19.3. The molecule has 2 rings (SSSR count). The maximum absolute atomic E-state index is 13.9. The van der Waals surface area contributed by atoms with Gasteiger partial charge in [0.25, 0.3) is 0 Å². The number of nitrogens with one attached hydrogen (secondary N) is 2. The Balaban J connectivity index is 2.33. The maximum Gasteiger partial charge on any atom is 0.242 e. The fourth-order valence-electron chi connectivity index (χ4n) is 2.09. The zero-order valence-electron chi connectivity index (χ0n) is 10.7. The summed E-state index contributed by atoms with van der Waals surface area (Å²) in [7, 11) is -3.46. The molecule has 1 unspecified atom stereocenters. The first-order valence-corrected chi connectivity index (χ1v) is 7.72. The first kappa shape index (κ1) is 13.8. The van der Waals surface area contributed by atoms with Gasteiger partial charge >= 0.3 is 0 Å². The van der Waals surface area contributed by atoms with Gasteiger partial charge < -0.3 is 10.6 Å². The molecule has 19 heavy (non-hydrogen) atoms. The number of anilines is 1. The summed E-state index contributed by atoms with van der Waals surface area (Å²) in [5, 5.41) is 5.44. The van der Waals surface area contributed by atoms with Gasteiger partial charge in [0.2, 0.25) is 5.91 Å². The quantitative estimate of drug-likeness (QED) is 0.863. The number of carbonyl (C=O) groups is 1.